The lowest BCUT2D eigenvalue weighted by molar-refractivity contribution is 0.302. The van der Waals surface area contributed by atoms with Crippen LogP contribution in [0.1, 0.15) is 31.2 Å². The van der Waals surface area contributed by atoms with Crippen LogP contribution in [0.5, 0.6) is 5.75 Å². The van der Waals surface area contributed by atoms with Crippen molar-refractivity contribution < 1.29 is 17.5 Å². The lowest BCUT2D eigenvalue weighted by Crippen LogP contribution is -2.01. The minimum Gasteiger partial charge on any atom is -0.492 e. The molecule has 0 aliphatic heterocycles. The van der Waals surface area contributed by atoms with Gasteiger partial charge in [0.05, 0.1) is 12.4 Å². The normalized spacial score (nSPS) is 11.1. The number of rotatable bonds is 8. The van der Waals surface area contributed by atoms with E-state index in [-0.39, 0.29) is 17.1 Å². The summed E-state index contributed by atoms with van der Waals surface area (Å²) >= 11 is 0. The molecule has 1 aromatic rings. The number of nitriles is 1. The Morgan fingerprint density at radius 2 is 1.95 bits per heavy atom. The highest BCUT2D eigenvalue weighted by molar-refractivity contribution is 8.13. The molecule has 7 heteroatoms. The average Bonchev–Trinajstić information content (AvgIpc) is 2.36. The van der Waals surface area contributed by atoms with E-state index >= 15 is 0 Å². The molecule has 0 radical (unpaired) electrons. The Morgan fingerprint density at radius 1 is 1.25 bits per heavy atom. The molecular formula is C13H15ClFNO3S. The number of benzene rings is 1. The summed E-state index contributed by atoms with van der Waals surface area (Å²) < 4.78 is 40.0. The van der Waals surface area contributed by atoms with E-state index < -0.39 is 14.9 Å². The lowest BCUT2D eigenvalue weighted by atomic mass is 10.2. The van der Waals surface area contributed by atoms with Crippen LogP contribution in [0.2, 0.25) is 0 Å². The van der Waals surface area contributed by atoms with Crippen molar-refractivity contribution in [1.82, 2.24) is 0 Å². The molecule has 0 amide bonds. The second-order valence-corrected chi connectivity index (χ2v) is 7.13. The molecule has 0 N–H and O–H groups in total. The van der Waals surface area contributed by atoms with Crippen molar-refractivity contribution in [2.45, 2.75) is 25.7 Å². The molecule has 4 nitrogen and oxygen atoms in total. The maximum atomic E-state index is 13.3. The second-order valence-electron chi connectivity index (χ2n) is 4.23. The summed E-state index contributed by atoms with van der Waals surface area (Å²) in [4.78, 5) is 0. The molecule has 0 atom stereocenters. The van der Waals surface area contributed by atoms with Gasteiger partial charge in [0.25, 0.3) is 0 Å². The minimum atomic E-state index is -3.41. The van der Waals surface area contributed by atoms with Crippen molar-refractivity contribution in [1.29, 1.82) is 5.26 Å². The molecular weight excluding hydrogens is 305 g/mol. The summed E-state index contributed by atoms with van der Waals surface area (Å²) in [5.41, 5.74) is -0.0965. The minimum absolute atomic E-state index is 0.0299. The van der Waals surface area contributed by atoms with Crippen molar-refractivity contribution in [3.63, 3.8) is 0 Å². The topological polar surface area (TPSA) is 67.2 Å². The van der Waals surface area contributed by atoms with Crippen molar-refractivity contribution in [2.75, 3.05) is 12.4 Å². The Labute approximate surface area is 122 Å². The van der Waals surface area contributed by atoms with Crippen LogP contribution in [0.3, 0.4) is 0 Å². The second kappa shape index (κ2) is 8.08. The summed E-state index contributed by atoms with van der Waals surface area (Å²) in [6, 6.07) is 5.99. The van der Waals surface area contributed by atoms with Gasteiger partial charge >= 0.3 is 0 Å². The molecule has 0 aromatic heterocycles. The maximum absolute atomic E-state index is 13.3. The largest absolute Gasteiger partial charge is 0.492 e. The monoisotopic (exact) mass is 319 g/mol. The Bertz CT molecular complexity index is 584. The molecule has 0 unspecified atom stereocenters. The number of unbranched alkanes of at least 4 members (excludes halogenated alkanes) is 3. The summed E-state index contributed by atoms with van der Waals surface area (Å²) in [6.07, 6.45) is 2.71. The molecule has 20 heavy (non-hydrogen) atoms. The average molecular weight is 320 g/mol. The van der Waals surface area contributed by atoms with Crippen molar-refractivity contribution >= 4 is 19.7 Å². The first-order valence-electron chi connectivity index (χ1n) is 6.18. The highest BCUT2D eigenvalue weighted by Crippen LogP contribution is 2.20. The number of ether oxygens (including phenoxy) is 1. The van der Waals surface area contributed by atoms with Crippen LogP contribution >= 0.6 is 10.7 Å². The zero-order valence-electron chi connectivity index (χ0n) is 10.8. The molecule has 0 saturated carbocycles. The van der Waals surface area contributed by atoms with Gasteiger partial charge in [-0.05, 0) is 25.0 Å². The Balaban J connectivity index is 2.26. The first kappa shape index (κ1) is 16.7. The molecule has 0 saturated heterocycles. The highest BCUT2D eigenvalue weighted by Gasteiger charge is 2.08. The molecule has 0 bridgehead atoms. The molecule has 0 aliphatic rings. The standard InChI is InChI=1S/C13H15ClFNO3S/c14-20(17,18)9-4-2-1-3-8-19-13-7-5-6-12(15)11(13)10-16/h5-7H,1-4,8-9H2. The Hall–Kier alpha value is -1.32. The third kappa shape index (κ3) is 6.22. The fraction of sp³-hybridized carbons (Fsp3) is 0.462. The van der Waals surface area contributed by atoms with E-state index in [9.17, 15) is 12.8 Å². The van der Waals surface area contributed by atoms with Gasteiger partial charge in [0.15, 0.2) is 0 Å². The van der Waals surface area contributed by atoms with Gasteiger partial charge in [0, 0.05) is 10.7 Å². The van der Waals surface area contributed by atoms with Crippen LogP contribution in [0, 0.1) is 17.1 Å². The van der Waals surface area contributed by atoms with Crippen molar-refractivity contribution in [2.24, 2.45) is 0 Å². The van der Waals surface area contributed by atoms with Gasteiger partial charge < -0.3 is 4.74 Å². The van der Waals surface area contributed by atoms with Gasteiger partial charge in [-0.2, -0.15) is 5.26 Å². The SMILES string of the molecule is N#Cc1c(F)cccc1OCCCCCCS(=O)(=O)Cl. The predicted octanol–water partition coefficient (Wildman–Crippen LogP) is 3.21. The summed E-state index contributed by atoms with van der Waals surface area (Å²) in [7, 11) is 1.67. The third-order valence-electron chi connectivity index (χ3n) is 2.63. The number of hydrogen-bond acceptors (Lipinski definition) is 4. The third-order valence-corrected chi connectivity index (χ3v) is 3.87. The molecule has 110 valence electrons. The number of nitrogens with zero attached hydrogens (tertiary/aromatic N) is 1. The molecule has 0 fully saturated rings. The van der Waals surface area contributed by atoms with Gasteiger partial charge in [-0.3, -0.25) is 0 Å². The first-order chi connectivity index (χ1) is 9.44. The smallest absolute Gasteiger partial charge is 0.232 e. The lowest BCUT2D eigenvalue weighted by Gasteiger charge is -2.07. The number of hydrogen-bond donors (Lipinski definition) is 0. The van der Waals surface area contributed by atoms with Crippen LogP contribution in [0.15, 0.2) is 18.2 Å². The van der Waals surface area contributed by atoms with E-state index in [1.807, 2.05) is 0 Å². The van der Waals surface area contributed by atoms with E-state index in [1.165, 1.54) is 12.1 Å². The maximum Gasteiger partial charge on any atom is 0.232 e. The van der Waals surface area contributed by atoms with Gasteiger partial charge in [-0.15, -0.1) is 0 Å². The Morgan fingerprint density at radius 3 is 2.60 bits per heavy atom. The van der Waals surface area contributed by atoms with Gasteiger partial charge in [-0.1, -0.05) is 18.9 Å². The zero-order chi connectivity index (χ0) is 15.0. The summed E-state index contributed by atoms with van der Waals surface area (Å²) in [5, 5.41) is 8.81. The van der Waals surface area contributed by atoms with Crippen LogP contribution in [0.4, 0.5) is 4.39 Å². The van der Waals surface area contributed by atoms with Crippen LogP contribution in [-0.2, 0) is 9.05 Å². The predicted molar refractivity (Wildman–Crippen MR) is 74.7 cm³/mol. The van der Waals surface area contributed by atoms with Crippen molar-refractivity contribution in [3.8, 4) is 11.8 Å². The van der Waals surface area contributed by atoms with Gasteiger partial charge in [0.2, 0.25) is 9.05 Å². The van der Waals surface area contributed by atoms with Gasteiger partial charge in [-0.25, -0.2) is 12.8 Å². The fourth-order valence-electron chi connectivity index (χ4n) is 1.65. The van der Waals surface area contributed by atoms with E-state index in [4.69, 9.17) is 20.7 Å². The highest BCUT2D eigenvalue weighted by atomic mass is 35.7. The zero-order valence-corrected chi connectivity index (χ0v) is 12.4. The van der Waals surface area contributed by atoms with E-state index in [0.717, 1.165) is 12.8 Å². The first-order valence-corrected chi connectivity index (χ1v) is 8.65. The summed E-state index contributed by atoms with van der Waals surface area (Å²) in [5.74, 6) is -0.397. The molecule has 0 aliphatic carbocycles. The van der Waals surface area contributed by atoms with Crippen LogP contribution < -0.4 is 4.74 Å². The Kier molecular flexibility index (Phi) is 6.76. The molecule has 0 heterocycles. The quantitative estimate of drug-likeness (QED) is 0.545. The fourth-order valence-corrected chi connectivity index (χ4v) is 2.52. The molecule has 1 rings (SSSR count). The number of halogens is 2. The van der Waals surface area contributed by atoms with Crippen LogP contribution in [-0.4, -0.2) is 20.8 Å². The van der Waals surface area contributed by atoms with Gasteiger partial charge in [0.1, 0.15) is 23.2 Å². The molecule has 1 aromatic carbocycles. The van der Waals surface area contributed by atoms with Crippen molar-refractivity contribution in [3.05, 3.63) is 29.6 Å². The van der Waals surface area contributed by atoms with Crippen LogP contribution in [0.25, 0.3) is 0 Å². The van der Waals surface area contributed by atoms with E-state index in [1.54, 1.807) is 12.1 Å². The van der Waals surface area contributed by atoms with E-state index in [0.29, 0.717) is 19.4 Å². The van der Waals surface area contributed by atoms with E-state index in [2.05, 4.69) is 0 Å². The summed E-state index contributed by atoms with van der Waals surface area (Å²) in [6.45, 7) is 0.353. The molecule has 0 spiro atoms.